The van der Waals surface area contributed by atoms with Gasteiger partial charge in [0.05, 0.1) is 23.9 Å². The zero-order chi connectivity index (χ0) is 29.2. The minimum atomic E-state index is -3.72. The SMILES string of the molecule is COc1ccc(NC(=O)COc2ccc(/C=N\NC(=O)c3ccc(N(C)S(=O)(=O)c4ccccc4)cc3)cc2)cc1. The van der Waals surface area contributed by atoms with Crippen molar-refractivity contribution in [2.45, 2.75) is 4.90 Å². The van der Waals surface area contributed by atoms with E-state index in [9.17, 15) is 18.0 Å². The van der Waals surface area contributed by atoms with E-state index in [2.05, 4.69) is 15.8 Å². The van der Waals surface area contributed by atoms with Crippen molar-refractivity contribution < 1.29 is 27.5 Å². The summed E-state index contributed by atoms with van der Waals surface area (Å²) < 4.78 is 37.4. The lowest BCUT2D eigenvalue weighted by atomic mass is 10.2. The molecule has 4 rings (SSSR count). The molecular weight excluding hydrogens is 544 g/mol. The lowest BCUT2D eigenvalue weighted by Crippen LogP contribution is -2.26. The molecule has 0 radical (unpaired) electrons. The van der Waals surface area contributed by atoms with E-state index in [4.69, 9.17) is 9.47 Å². The van der Waals surface area contributed by atoms with Crippen LogP contribution in [0.2, 0.25) is 0 Å². The first kappa shape index (κ1) is 28.8. The highest BCUT2D eigenvalue weighted by Gasteiger charge is 2.21. The highest BCUT2D eigenvalue weighted by atomic mass is 32.2. The first-order valence-electron chi connectivity index (χ1n) is 12.4. The van der Waals surface area contributed by atoms with E-state index in [-0.39, 0.29) is 17.4 Å². The minimum Gasteiger partial charge on any atom is -0.497 e. The highest BCUT2D eigenvalue weighted by Crippen LogP contribution is 2.22. The Balaban J connectivity index is 1.25. The molecule has 0 aromatic heterocycles. The summed E-state index contributed by atoms with van der Waals surface area (Å²) in [4.78, 5) is 24.8. The molecule has 0 atom stereocenters. The molecule has 0 fully saturated rings. The maximum absolute atomic E-state index is 12.8. The average molecular weight is 573 g/mol. The van der Waals surface area contributed by atoms with Crippen LogP contribution in [-0.4, -0.2) is 47.2 Å². The predicted molar refractivity (Wildman–Crippen MR) is 157 cm³/mol. The van der Waals surface area contributed by atoms with E-state index in [0.717, 1.165) is 4.31 Å². The topological polar surface area (TPSA) is 126 Å². The molecule has 2 amide bonds. The lowest BCUT2D eigenvalue weighted by Gasteiger charge is -2.19. The Kier molecular flexibility index (Phi) is 9.33. The number of nitrogens with one attached hydrogen (secondary N) is 2. The van der Waals surface area contributed by atoms with Crippen molar-refractivity contribution in [2.75, 3.05) is 30.4 Å². The van der Waals surface area contributed by atoms with Gasteiger partial charge in [0.1, 0.15) is 11.5 Å². The van der Waals surface area contributed by atoms with E-state index < -0.39 is 15.9 Å². The van der Waals surface area contributed by atoms with Gasteiger partial charge < -0.3 is 14.8 Å². The summed E-state index contributed by atoms with van der Waals surface area (Å²) in [6.07, 6.45) is 1.46. The number of hydrazone groups is 1. The predicted octanol–water partition coefficient (Wildman–Crippen LogP) is 4.30. The molecule has 0 spiro atoms. The molecule has 41 heavy (non-hydrogen) atoms. The van der Waals surface area contributed by atoms with Crippen LogP contribution in [0.4, 0.5) is 11.4 Å². The minimum absolute atomic E-state index is 0.164. The van der Waals surface area contributed by atoms with E-state index in [0.29, 0.717) is 34.0 Å². The molecule has 0 bridgehead atoms. The third-order valence-corrected chi connectivity index (χ3v) is 7.70. The molecule has 210 valence electrons. The average Bonchev–Trinajstić information content (AvgIpc) is 3.01. The number of carbonyl (C=O) groups excluding carboxylic acids is 2. The van der Waals surface area contributed by atoms with Gasteiger partial charge in [-0.25, -0.2) is 13.8 Å². The summed E-state index contributed by atoms with van der Waals surface area (Å²) in [5, 5.41) is 6.71. The van der Waals surface area contributed by atoms with Crippen molar-refractivity contribution in [3.63, 3.8) is 0 Å². The number of benzene rings is 4. The molecule has 0 heterocycles. The molecular formula is C30H28N4O6S. The molecule has 11 heteroatoms. The van der Waals surface area contributed by atoms with E-state index >= 15 is 0 Å². The number of methoxy groups -OCH3 is 1. The van der Waals surface area contributed by atoms with Crippen molar-refractivity contribution in [2.24, 2.45) is 5.10 Å². The summed E-state index contributed by atoms with van der Waals surface area (Å²) in [7, 11) is -0.696. The summed E-state index contributed by atoms with van der Waals surface area (Å²) in [5.41, 5.74) is 4.50. The quantitative estimate of drug-likeness (QED) is 0.204. The Hall–Kier alpha value is -5.16. The first-order valence-corrected chi connectivity index (χ1v) is 13.8. The first-order chi connectivity index (χ1) is 19.8. The van der Waals surface area contributed by atoms with Gasteiger partial charge in [-0.1, -0.05) is 18.2 Å². The van der Waals surface area contributed by atoms with Gasteiger partial charge in [0.25, 0.3) is 21.8 Å². The summed E-state index contributed by atoms with van der Waals surface area (Å²) in [6.45, 7) is -0.164. The van der Waals surface area contributed by atoms with Gasteiger partial charge >= 0.3 is 0 Å². The van der Waals surface area contributed by atoms with Gasteiger partial charge in [0.15, 0.2) is 6.61 Å². The van der Waals surface area contributed by atoms with Gasteiger partial charge in [0, 0.05) is 18.3 Å². The zero-order valence-electron chi connectivity index (χ0n) is 22.4. The fraction of sp³-hybridized carbons (Fsp3) is 0.100. The van der Waals surface area contributed by atoms with Gasteiger partial charge in [-0.15, -0.1) is 0 Å². The molecule has 0 aliphatic heterocycles. The molecule has 0 unspecified atom stereocenters. The molecule has 10 nitrogen and oxygen atoms in total. The number of nitrogens with zero attached hydrogens (tertiary/aromatic N) is 2. The van der Waals surface area contributed by atoms with E-state index in [1.54, 1.807) is 86.0 Å². The monoisotopic (exact) mass is 572 g/mol. The number of carbonyl (C=O) groups is 2. The Bertz CT molecular complexity index is 1610. The van der Waals surface area contributed by atoms with Crippen molar-refractivity contribution in [1.29, 1.82) is 0 Å². The molecule has 2 N–H and O–H groups in total. The number of hydrogen-bond acceptors (Lipinski definition) is 7. The number of sulfonamides is 1. The van der Waals surface area contributed by atoms with E-state index in [1.807, 2.05) is 0 Å². The maximum atomic E-state index is 12.8. The number of hydrogen-bond donors (Lipinski definition) is 2. The Morgan fingerprint density at radius 2 is 1.49 bits per heavy atom. The highest BCUT2D eigenvalue weighted by molar-refractivity contribution is 7.92. The normalized spacial score (nSPS) is 11.1. The van der Waals surface area contributed by atoms with Crippen LogP contribution in [0.25, 0.3) is 0 Å². The second-order valence-corrected chi connectivity index (χ2v) is 10.6. The van der Waals surface area contributed by atoms with Crippen LogP contribution in [0.3, 0.4) is 0 Å². The second-order valence-electron chi connectivity index (χ2n) is 8.67. The fourth-order valence-electron chi connectivity index (χ4n) is 3.61. The molecule has 0 saturated carbocycles. The number of rotatable bonds is 11. The van der Waals surface area contributed by atoms with Gasteiger partial charge in [-0.05, 0) is 90.5 Å². The molecule has 4 aromatic carbocycles. The molecule has 0 saturated heterocycles. The molecule has 0 aliphatic rings. The summed E-state index contributed by atoms with van der Waals surface area (Å²) in [6, 6.07) is 28.0. The number of amides is 2. The van der Waals surface area contributed by atoms with Crippen LogP contribution < -0.4 is 24.5 Å². The zero-order valence-corrected chi connectivity index (χ0v) is 23.2. The number of ether oxygens (including phenoxy) is 2. The summed E-state index contributed by atoms with van der Waals surface area (Å²) in [5.74, 6) is 0.430. The van der Waals surface area contributed by atoms with Gasteiger partial charge in [-0.2, -0.15) is 5.10 Å². The summed E-state index contributed by atoms with van der Waals surface area (Å²) >= 11 is 0. The maximum Gasteiger partial charge on any atom is 0.271 e. The second kappa shape index (κ2) is 13.3. The molecule has 4 aromatic rings. The van der Waals surface area contributed by atoms with Crippen molar-refractivity contribution in [3.8, 4) is 11.5 Å². The lowest BCUT2D eigenvalue weighted by molar-refractivity contribution is -0.118. The third kappa shape index (κ3) is 7.70. The van der Waals surface area contributed by atoms with Crippen molar-refractivity contribution in [1.82, 2.24) is 5.43 Å². The van der Waals surface area contributed by atoms with Crippen LogP contribution in [0.15, 0.2) is 113 Å². The molecule has 0 aliphatic carbocycles. The van der Waals surface area contributed by atoms with Crippen molar-refractivity contribution in [3.05, 3.63) is 114 Å². The smallest absolute Gasteiger partial charge is 0.271 e. The van der Waals surface area contributed by atoms with Gasteiger partial charge in [0.2, 0.25) is 0 Å². The van der Waals surface area contributed by atoms with Crippen molar-refractivity contribution >= 4 is 39.4 Å². The van der Waals surface area contributed by atoms with Crippen LogP contribution in [-0.2, 0) is 14.8 Å². The largest absolute Gasteiger partial charge is 0.497 e. The van der Waals surface area contributed by atoms with Crippen LogP contribution in [0.1, 0.15) is 15.9 Å². The van der Waals surface area contributed by atoms with Crippen LogP contribution in [0.5, 0.6) is 11.5 Å². The fourth-order valence-corrected chi connectivity index (χ4v) is 4.83. The third-order valence-electron chi connectivity index (χ3n) is 5.90. The van der Waals surface area contributed by atoms with Crippen LogP contribution in [0, 0.1) is 0 Å². The van der Waals surface area contributed by atoms with Gasteiger partial charge in [-0.3, -0.25) is 13.9 Å². The standard InChI is InChI=1S/C30H28N4O6S/c1-34(41(37,38)28-6-4-3-5-7-28)25-14-10-23(11-15-25)30(36)33-31-20-22-8-16-27(17-9-22)40-21-29(35)32-24-12-18-26(39-2)19-13-24/h3-20H,21H2,1-2H3,(H,32,35)(H,33,36)/b31-20-. The Morgan fingerprint density at radius 3 is 2.12 bits per heavy atom. The Morgan fingerprint density at radius 1 is 0.854 bits per heavy atom. The Labute approximate surface area is 238 Å². The van der Waals surface area contributed by atoms with E-state index in [1.165, 1.54) is 37.5 Å². The number of anilines is 2. The van der Waals surface area contributed by atoms with Crippen LogP contribution >= 0.6 is 0 Å².